The quantitative estimate of drug-likeness (QED) is 0.821. The van der Waals surface area contributed by atoms with E-state index in [1.807, 2.05) is 12.3 Å². The van der Waals surface area contributed by atoms with Gasteiger partial charge in [-0.3, -0.25) is 0 Å². The number of hydrogen-bond acceptors (Lipinski definition) is 4. The Bertz CT molecular complexity index is 602. The van der Waals surface area contributed by atoms with Gasteiger partial charge in [0.15, 0.2) is 5.65 Å². The normalized spacial score (nSPS) is 17.4. The van der Waals surface area contributed by atoms with Crippen LogP contribution >= 0.6 is 0 Å². The van der Waals surface area contributed by atoms with Gasteiger partial charge in [-0.1, -0.05) is 6.92 Å². The lowest BCUT2D eigenvalue weighted by atomic mass is 9.96. The summed E-state index contributed by atoms with van der Waals surface area (Å²) in [5.74, 6) is 1.83. The van der Waals surface area contributed by atoms with Gasteiger partial charge in [-0.25, -0.2) is 9.97 Å². The number of hydrogen-bond donors (Lipinski definition) is 0. The van der Waals surface area contributed by atoms with Crippen molar-refractivity contribution in [3.8, 4) is 0 Å². The lowest BCUT2D eigenvalue weighted by molar-refractivity contribution is 0.178. The van der Waals surface area contributed by atoms with Gasteiger partial charge in [0.05, 0.1) is 6.61 Å². The molecule has 1 aliphatic heterocycles. The SMILES string of the molecule is CCN1CCC(Cn2c(CCOC)nc3cccnc32)CC1. The summed E-state index contributed by atoms with van der Waals surface area (Å²) in [6.07, 6.45) is 5.25. The molecule has 22 heavy (non-hydrogen) atoms. The molecule has 5 nitrogen and oxygen atoms in total. The number of pyridine rings is 1. The van der Waals surface area contributed by atoms with Crippen molar-refractivity contribution >= 4 is 11.2 Å². The Labute approximate surface area is 132 Å². The van der Waals surface area contributed by atoms with Crippen LogP contribution in [-0.4, -0.2) is 52.8 Å². The van der Waals surface area contributed by atoms with E-state index < -0.39 is 0 Å². The third-order valence-electron chi connectivity index (χ3n) is 4.71. The third-order valence-corrected chi connectivity index (χ3v) is 4.71. The predicted octanol–water partition coefficient (Wildman–Crippen LogP) is 2.35. The molecule has 0 aliphatic carbocycles. The number of nitrogens with zero attached hydrogens (tertiary/aromatic N) is 4. The average molecular weight is 302 g/mol. The van der Waals surface area contributed by atoms with E-state index >= 15 is 0 Å². The minimum Gasteiger partial charge on any atom is -0.384 e. The van der Waals surface area contributed by atoms with Crippen molar-refractivity contribution in [3.05, 3.63) is 24.2 Å². The minimum atomic E-state index is 0.706. The monoisotopic (exact) mass is 302 g/mol. The van der Waals surface area contributed by atoms with Gasteiger partial charge in [-0.2, -0.15) is 0 Å². The van der Waals surface area contributed by atoms with E-state index in [1.165, 1.54) is 32.5 Å². The van der Waals surface area contributed by atoms with Crippen LogP contribution in [0.2, 0.25) is 0 Å². The Morgan fingerprint density at radius 2 is 2.14 bits per heavy atom. The van der Waals surface area contributed by atoms with Gasteiger partial charge in [-0.15, -0.1) is 0 Å². The molecule has 0 radical (unpaired) electrons. The smallest absolute Gasteiger partial charge is 0.159 e. The fourth-order valence-electron chi connectivity index (χ4n) is 3.32. The first-order valence-electron chi connectivity index (χ1n) is 8.33. The van der Waals surface area contributed by atoms with Crippen molar-refractivity contribution in [2.45, 2.75) is 32.7 Å². The van der Waals surface area contributed by atoms with E-state index in [9.17, 15) is 0 Å². The molecule has 5 heteroatoms. The maximum Gasteiger partial charge on any atom is 0.159 e. The van der Waals surface area contributed by atoms with Gasteiger partial charge in [0.1, 0.15) is 11.3 Å². The second-order valence-electron chi connectivity index (χ2n) is 6.11. The first-order valence-corrected chi connectivity index (χ1v) is 8.33. The summed E-state index contributed by atoms with van der Waals surface area (Å²) in [6.45, 7) is 7.59. The Kier molecular flexibility index (Phi) is 5.05. The van der Waals surface area contributed by atoms with Crippen LogP contribution in [0.25, 0.3) is 11.2 Å². The van der Waals surface area contributed by atoms with E-state index in [-0.39, 0.29) is 0 Å². The topological polar surface area (TPSA) is 43.2 Å². The van der Waals surface area contributed by atoms with E-state index in [4.69, 9.17) is 9.72 Å². The van der Waals surface area contributed by atoms with Crippen molar-refractivity contribution in [1.82, 2.24) is 19.4 Å². The van der Waals surface area contributed by atoms with E-state index in [0.29, 0.717) is 6.61 Å². The summed E-state index contributed by atoms with van der Waals surface area (Å²) in [5.41, 5.74) is 2.02. The number of fused-ring (bicyclic) bond motifs is 1. The maximum atomic E-state index is 5.23. The van der Waals surface area contributed by atoms with Crippen LogP contribution in [0.15, 0.2) is 18.3 Å². The summed E-state index contributed by atoms with van der Waals surface area (Å²) in [4.78, 5) is 11.8. The molecule has 0 unspecified atom stereocenters. The maximum absolute atomic E-state index is 5.23. The highest BCUT2D eigenvalue weighted by atomic mass is 16.5. The molecule has 3 rings (SSSR count). The van der Waals surface area contributed by atoms with Crippen LogP contribution < -0.4 is 0 Å². The third kappa shape index (κ3) is 3.31. The van der Waals surface area contributed by atoms with Gasteiger partial charge in [0, 0.05) is 26.3 Å². The fraction of sp³-hybridized carbons (Fsp3) is 0.647. The highest BCUT2D eigenvalue weighted by Gasteiger charge is 2.21. The molecule has 1 aliphatic rings. The van der Waals surface area contributed by atoms with Crippen molar-refractivity contribution in [3.63, 3.8) is 0 Å². The molecule has 0 bridgehead atoms. The van der Waals surface area contributed by atoms with Crippen LogP contribution in [0.3, 0.4) is 0 Å². The number of imidazole rings is 1. The zero-order chi connectivity index (χ0) is 15.4. The molecule has 0 amide bonds. The van der Waals surface area contributed by atoms with Crippen LogP contribution in [0.1, 0.15) is 25.6 Å². The van der Waals surface area contributed by atoms with Gasteiger partial charge < -0.3 is 14.2 Å². The largest absolute Gasteiger partial charge is 0.384 e. The molecule has 0 N–H and O–H groups in total. The van der Waals surface area contributed by atoms with Crippen molar-refractivity contribution in [2.24, 2.45) is 5.92 Å². The zero-order valence-electron chi connectivity index (χ0n) is 13.7. The number of rotatable bonds is 6. The summed E-state index contributed by atoms with van der Waals surface area (Å²) in [7, 11) is 1.74. The molecule has 1 fully saturated rings. The molecule has 0 atom stereocenters. The van der Waals surface area contributed by atoms with Crippen molar-refractivity contribution in [2.75, 3.05) is 33.4 Å². The van der Waals surface area contributed by atoms with Crippen LogP contribution in [0.4, 0.5) is 0 Å². The van der Waals surface area contributed by atoms with Crippen LogP contribution in [-0.2, 0) is 17.7 Å². The second-order valence-corrected chi connectivity index (χ2v) is 6.11. The summed E-state index contributed by atoms with van der Waals surface area (Å²) in [6, 6.07) is 4.01. The number of aromatic nitrogens is 3. The Balaban J connectivity index is 1.79. The standard InChI is InChI=1S/C17H26N4O/c1-3-20-10-6-14(7-11-20)13-21-16(8-12-22-2)19-15-5-4-9-18-17(15)21/h4-5,9,14H,3,6-8,10-13H2,1-2H3. The van der Waals surface area contributed by atoms with Crippen molar-refractivity contribution in [1.29, 1.82) is 0 Å². The highest BCUT2D eigenvalue weighted by Crippen LogP contribution is 2.22. The zero-order valence-corrected chi connectivity index (χ0v) is 13.7. The van der Waals surface area contributed by atoms with Gasteiger partial charge in [0.25, 0.3) is 0 Å². The molecule has 0 aromatic carbocycles. The molecule has 1 saturated heterocycles. The first-order chi connectivity index (χ1) is 10.8. The number of methoxy groups -OCH3 is 1. The van der Waals surface area contributed by atoms with E-state index in [2.05, 4.69) is 27.4 Å². The number of ether oxygens (including phenoxy) is 1. The number of piperidine rings is 1. The summed E-state index contributed by atoms with van der Waals surface area (Å²) in [5, 5.41) is 0. The van der Waals surface area contributed by atoms with Crippen molar-refractivity contribution < 1.29 is 4.74 Å². The highest BCUT2D eigenvalue weighted by molar-refractivity contribution is 5.71. The Morgan fingerprint density at radius 1 is 1.32 bits per heavy atom. The molecule has 3 heterocycles. The van der Waals surface area contributed by atoms with E-state index in [1.54, 1.807) is 7.11 Å². The molecule has 0 saturated carbocycles. The molecule has 2 aromatic rings. The molecule has 0 spiro atoms. The second kappa shape index (κ2) is 7.20. The molecular formula is C17H26N4O. The lowest BCUT2D eigenvalue weighted by Gasteiger charge is -2.31. The number of likely N-dealkylation sites (tertiary alicyclic amines) is 1. The van der Waals surface area contributed by atoms with Gasteiger partial charge in [-0.05, 0) is 50.5 Å². The average Bonchev–Trinajstić information content (AvgIpc) is 2.91. The fourth-order valence-corrected chi connectivity index (χ4v) is 3.32. The Hall–Kier alpha value is -1.46. The molecule has 120 valence electrons. The van der Waals surface area contributed by atoms with Gasteiger partial charge >= 0.3 is 0 Å². The summed E-state index contributed by atoms with van der Waals surface area (Å²) < 4.78 is 7.56. The molecular weight excluding hydrogens is 276 g/mol. The lowest BCUT2D eigenvalue weighted by Crippen LogP contribution is -2.34. The first kappa shape index (κ1) is 15.4. The minimum absolute atomic E-state index is 0.706. The van der Waals surface area contributed by atoms with Crippen LogP contribution in [0.5, 0.6) is 0 Å². The van der Waals surface area contributed by atoms with Gasteiger partial charge in [0.2, 0.25) is 0 Å². The molecule has 2 aromatic heterocycles. The summed E-state index contributed by atoms with van der Waals surface area (Å²) >= 11 is 0. The predicted molar refractivity (Wildman–Crippen MR) is 87.9 cm³/mol. The van der Waals surface area contributed by atoms with Crippen LogP contribution in [0, 0.1) is 5.92 Å². The Morgan fingerprint density at radius 3 is 2.86 bits per heavy atom. The van der Waals surface area contributed by atoms with E-state index in [0.717, 1.165) is 35.9 Å².